The molecule has 0 saturated heterocycles. The highest BCUT2D eigenvalue weighted by atomic mass is 35.5. The van der Waals surface area contributed by atoms with Gasteiger partial charge in [0.05, 0.1) is 5.54 Å². The molecule has 0 spiro atoms. The summed E-state index contributed by atoms with van der Waals surface area (Å²) in [4.78, 5) is 12.3. The van der Waals surface area contributed by atoms with Crippen molar-refractivity contribution < 1.29 is 4.79 Å². The number of benzene rings is 1. The van der Waals surface area contributed by atoms with Crippen LogP contribution in [0.3, 0.4) is 0 Å². The second-order valence-electron chi connectivity index (χ2n) is 5.90. The molecule has 1 aromatic carbocycles. The van der Waals surface area contributed by atoms with E-state index in [9.17, 15) is 4.79 Å². The largest absolute Gasteiger partial charge is 0.347 e. The van der Waals surface area contributed by atoms with Gasteiger partial charge in [0.2, 0.25) is 5.91 Å². The van der Waals surface area contributed by atoms with Crippen molar-refractivity contribution in [1.29, 1.82) is 0 Å². The molecule has 1 fully saturated rings. The maximum atomic E-state index is 12.3. The van der Waals surface area contributed by atoms with Crippen LogP contribution in [0.15, 0.2) is 24.3 Å². The first kappa shape index (κ1) is 19.3. The van der Waals surface area contributed by atoms with E-state index >= 15 is 0 Å². The van der Waals surface area contributed by atoms with Gasteiger partial charge in [0.15, 0.2) is 0 Å². The molecule has 1 amide bonds. The third kappa shape index (κ3) is 5.15. The molecule has 3 nitrogen and oxygen atoms in total. The molecule has 1 aliphatic rings. The van der Waals surface area contributed by atoms with Crippen molar-refractivity contribution in [2.45, 2.75) is 50.5 Å². The Hall–Kier alpha value is -0.770. The van der Waals surface area contributed by atoms with E-state index in [1.165, 1.54) is 24.8 Å². The standard InChI is InChI=1S/C17H25ClN2O.ClH/c1-19-13-5-6-16(21)20-17(11-3-2-4-12-17)14-7-9-15(18)10-8-14;/h7-10,19H,2-6,11-13H2,1H3,(H,20,21);1H. The number of carbonyl (C=O) groups is 1. The van der Waals surface area contributed by atoms with Crippen LogP contribution in [0.4, 0.5) is 0 Å². The number of amides is 1. The molecule has 0 radical (unpaired) electrons. The quantitative estimate of drug-likeness (QED) is 0.764. The van der Waals surface area contributed by atoms with Crippen molar-refractivity contribution >= 4 is 29.9 Å². The van der Waals surface area contributed by atoms with Crippen LogP contribution in [0.5, 0.6) is 0 Å². The van der Waals surface area contributed by atoms with Crippen molar-refractivity contribution in [2.24, 2.45) is 0 Å². The van der Waals surface area contributed by atoms with E-state index < -0.39 is 0 Å². The molecule has 1 saturated carbocycles. The number of carbonyl (C=O) groups excluding carboxylic acids is 1. The molecule has 0 heterocycles. The van der Waals surface area contributed by atoms with Crippen molar-refractivity contribution in [3.63, 3.8) is 0 Å². The molecular weight excluding hydrogens is 319 g/mol. The summed E-state index contributed by atoms with van der Waals surface area (Å²) < 4.78 is 0. The number of hydrogen-bond acceptors (Lipinski definition) is 2. The van der Waals surface area contributed by atoms with Gasteiger partial charge in [-0.2, -0.15) is 0 Å². The van der Waals surface area contributed by atoms with E-state index in [0.29, 0.717) is 6.42 Å². The molecule has 22 heavy (non-hydrogen) atoms. The molecule has 0 aliphatic heterocycles. The first-order valence-electron chi connectivity index (χ1n) is 7.88. The Kier molecular flexibility index (Phi) is 8.23. The van der Waals surface area contributed by atoms with E-state index in [-0.39, 0.29) is 23.9 Å². The summed E-state index contributed by atoms with van der Waals surface area (Å²) in [5.41, 5.74) is 0.994. The van der Waals surface area contributed by atoms with Crippen LogP contribution < -0.4 is 10.6 Å². The molecular formula is C17H26Cl2N2O. The van der Waals surface area contributed by atoms with E-state index in [2.05, 4.69) is 22.8 Å². The zero-order valence-electron chi connectivity index (χ0n) is 13.2. The van der Waals surface area contributed by atoms with Crippen LogP contribution in [0, 0.1) is 0 Å². The molecule has 0 atom stereocenters. The minimum atomic E-state index is -0.195. The predicted molar refractivity (Wildman–Crippen MR) is 94.8 cm³/mol. The van der Waals surface area contributed by atoms with Gasteiger partial charge >= 0.3 is 0 Å². The van der Waals surface area contributed by atoms with Gasteiger partial charge in [-0.1, -0.05) is 43.0 Å². The van der Waals surface area contributed by atoms with Crippen LogP contribution >= 0.6 is 24.0 Å². The lowest BCUT2D eigenvalue weighted by molar-refractivity contribution is -0.123. The fourth-order valence-electron chi connectivity index (χ4n) is 3.17. The summed E-state index contributed by atoms with van der Waals surface area (Å²) in [5.74, 6) is 0.155. The van der Waals surface area contributed by atoms with Crippen LogP contribution in [-0.2, 0) is 10.3 Å². The highest BCUT2D eigenvalue weighted by molar-refractivity contribution is 6.30. The van der Waals surface area contributed by atoms with Gasteiger partial charge in [-0.05, 0) is 50.6 Å². The van der Waals surface area contributed by atoms with Crippen LogP contribution in [0.1, 0.15) is 50.5 Å². The monoisotopic (exact) mass is 344 g/mol. The number of nitrogens with one attached hydrogen (secondary N) is 2. The second-order valence-corrected chi connectivity index (χ2v) is 6.34. The second kappa shape index (κ2) is 9.39. The summed E-state index contributed by atoms with van der Waals surface area (Å²) in [5, 5.41) is 7.14. The first-order chi connectivity index (χ1) is 10.2. The minimum Gasteiger partial charge on any atom is -0.347 e. The lowest BCUT2D eigenvalue weighted by Gasteiger charge is -2.39. The number of rotatable bonds is 6. The molecule has 124 valence electrons. The molecule has 1 aromatic rings. The van der Waals surface area contributed by atoms with Crippen molar-refractivity contribution in [1.82, 2.24) is 10.6 Å². The summed E-state index contributed by atoms with van der Waals surface area (Å²) in [6.45, 7) is 0.876. The third-order valence-corrected chi connectivity index (χ3v) is 4.57. The average molecular weight is 345 g/mol. The van der Waals surface area contributed by atoms with E-state index in [1.807, 2.05) is 19.2 Å². The van der Waals surface area contributed by atoms with Gasteiger partial charge in [0.1, 0.15) is 0 Å². The zero-order chi connectivity index (χ0) is 15.1. The Morgan fingerprint density at radius 3 is 2.41 bits per heavy atom. The zero-order valence-corrected chi connectivity index (χ0v) is 14.7. The van der Waals surface area contributed by atoms with Gasteiger partial charge in [-0.3, -0.25) is 4.79 Å². The first-order valence-corrected chi connectivity index (χ1v) is 8.26. The Morgan fingerprint density at radius 1 is 1.18 bits per heavy atom. The average Bonchev–Trinajstić information content (AvgIpc) is 2.49. The van der Waals surface area contributed by atoms with Crippen molar-refractivity contribution in [3.8, 4) is 0 Å². The summed E-state index contributed by atoms with van der Waals surface area (Å²) in [6.07, 6.45) is 7.08. The lowest BCUT2D eigenvalue weighted by Crippen LogP contribution is -2.47. The Morgan fingerprint density at radius 2 is 1.82 bits per heavy atom. The van der Waals surface area contributed by atoms with Crippen molar-refractivity contribution in [2.75, 3.05) is 13.6 Å². The highest BCUT2D eigenvalue weighted by Crippen LogP contribution is 2.37. The fraction of sp³-hybridized carbons (Fsp3) is 0.588. The normalized spacial score (nSPS) is 16.6. The molecule has 2 rings (SSSR count). The summed E-state index contributed by atoms with van der Waals surface area (Å²) >= 11 is 5.99. The SMILES string of the molecule is CNCCCC(=O)NC1(c2ccc(Cl)cc2)CCCCC1.Cl. The predicted octanol–water partition coefficient (Wildman–Crippen LogP) is 4.04. The third-order valence-electron chi connectivity index (χ3n) is 4.31. The summed E-state index contributed by atoms with van der Waals surface area (Å²) in [7, 11) is 1.91. The highest BCUT2D eigenvalue weighted by Gasteiger charge is 2.35. The van der Waals surface area contributed by atoms with Crippen LogP contribution in [0.25, 0.3) is 0 Å². The van der Waals surface area contributed by atoms with Gasteiger partial charge in [0.25, 0.3) is 0 Å². The van der Waals surface area contributed by atoms with Gasteiger partial charge in [-0.25, -0.2) is 0 Å². The topological polar surface area (TPSA) is 41.1 Å². The van der Waals surface area contributed by atoms with Crippen LogP contribution in [-0.4, -0.2) is 19.5 Å². The van der Waals surface area contributed by atoms with E-state index in [1.54, 1.807) is 0 Å². The number of halogens is 2. The number of hydrogen-bond donors (Lipinski definition) is 2. The maximum absolute atomic E-state index is 12.3. The lowest BCUT2D eigenvalue weighted by atomic mass is 9.76. The van der Waals surface area contributed by atoms with Gasteiger partial charge in [0, 0.05) is 11.4 Å². The molecule has 2 N–H and O–H groups in total. The molecule has 0 bridgehead atoms. The van der Waals surface area contributed by atoms with Crippen LogP contribution in [0.2, 0.25) is 5.02 Å². The fourth-order valence-corrected chi connectivity index (χ4v) is 3.29. The Balaban J connectivity index is 0.00000242. The minimum absolute atomic E-state index is 0. The summed E-state index contributed by atoms with van der Waals surface area (Å²) in [6, 6.07) is 7.95. The van der Waals surface area contributed by atoms with Gasteiger partial charge < -0.3 is 10.6 Å². The Bertz CT molecular complexity index is 456. The van der Waals surface area contributed by atoms with E-state index in [0.717, 1.165) is 30.8 Å². The smallest absolute Gasteiger partial charge is 0.220 e. The Labute approximate surface area is 144 Å². The molecule has 5 heteroatoms. The molecule has 1 aliphatic carbocycles. The van der Waals surface area contributed by atoms with Crippen molar-refractivity contribution in [3.05, 3.63) is 34.9 Å². The van der Waals surface area contributed by atoms with Gasteiger partial charge in [-0.15, -0.1) is 12.4 Å². The molecule has 0 unspecified atom stereocenters. The molecule has 0 aromatic heterocycles. The maximum Gasteiger partial charge on any atom is 0.220 e. The van der Waals surface area contributed by atoms with E-state index in [4.69, 9.17) is 11.6 Å².